The molecule has 2 aromatic rings. The number of fused-ring (bicyclic) bond motifs is 1. The zero-order valence-corrected chi connectivity index (χ0v) is 9.75. The molecule has 0 unspecified atom stereocenters. The highest BCUT2D eigenvalue weighted by Gasteiger charge is 2.19. The SMILES string of the molecule is CCOC(=O)c1cccc2cccc([N+](=O)[O-])c12. The fourth-order valence-corrected chi connectivity index (χ4v) is 1.85. The van der Waals surface area contributed by atoms with E-state index in [0.717, 1.165) is 0 Å². The Labute approximate surface area is 103 Å². The molecule has 0 amide bonds. The quantitative estimate of drug-likeness (QED) is 0.473. The zero-order chi connectivity index (χ0) is 13.1. The highest BCUT2D eigenvalue weighted by Crippen LogP contribution is 2.29. The van der Waals surface area contributed by atoms with Gasteiger partial charge in [0.2, 0.25) is 0 Å². The number of carbonyl (C=O) groups excluding carboxylic acids is 1. The van der Waals surface area contributed by atoms with E-state index in [1.807, 2.05) is 0 Å². The summed E-state index contributed by atoms with van der Waals surface area (Å²) >= 11 is 0. The first kappa shape index (κ1) is 12.0. The molecule has 0 aliphatic heterocycles. The average Bonchev–Trinajstić information content (AvgIpc) is 2.37. The zero-order valence-electron chi connectivity index (χ0n) is 9.75. The predicted molar refractivity (Wildman–Crippen MR) is 66.6 cm³/mol. The summed E-state index contributed by atoms with van der Waals surface area (Å²) in [4.78, 5) is 22.3. The molecule has 0 aliphatic carbocycles. The van der Waals surface area contributed by atoms with Crippen LogP contribution in [0.3, 0.4) is 0 Å². The molecule has 0 heterocycles. The van der Waals surface area contributed by atoms with Crippen molar-refractivity contribution in [3.8, 4) is 0 Å². The van der Waals surface area contributed by atoms with Crippen molar-refractivity contribution in [1.82, 2.24) is 0 Å². The van der Waals surface area contributed by atoms with Gasteiger partial charge >= 0.3 is 5.97 Å². The summed E-state index contributed by atoms with van der Waals surface area (Å²) in [6.45, 7) is 1.92. The van der Waals surface area contributed by atoms with Gasteiger partial charge in [-0.25, -0.2) is 4.79 Å². The van der Waals surface area contributed by atoms with Crippen LogP contribution in [0.1, 0.15) is 17.3 Å². The maximum absolute atomic E-state index is 11.8. The number of nitrogens with zero attached hydrogens (tertiary/aromatic N) is 1. The van der Waals surface area contributed by atoms with Gasteiger partial charge in [-0.05, 0) is 18.4 Å². The fraction of sp³-hybridized carbons (Fsp3) is 0.154. The van der Waals surface area contributed by atoms with E-state index in [9.17, 15) is 14.9 Å². The Morgan fingerprint density at radius 2 is 1.94 bits per heavy atom. The highest BCUT2D eigenvalue weighted by molar-refractivity contribution is 6.08. The lowest BCUT2D eigenvalue weighted by Gasteiger charge is -2.06. The summed E-state index contributed by atoms with van der Waals surface area (Å²) in [5.41, 5.74) is 0.137. The average molecular weight is 245 g/mol. The summed E-state index contributed by atoms with van der Waals surface area (Å²) in [6.07, 6.45) is 0. The van der Waals surface area contributed by atoms with Gasteiger partial charge in [0.25, 0.3) is 5.69 Å². The van der Waals surface area contributed by atoms with E-state index in [1.54, 1.807) is 31.2 Å². The molecule has 0 saturated carbocycles. The van der Waals surface area contributed by atoms with Gasteiger partial charge in [-0.2, -0.15) is 0 Å². The van der Waals surface area contributed by atoms with Gasteiger partial charge < -0.3 is 4.74 Å². The largest absolute Gasteiger partial charge is 0.462 e. The maximum Gasteiger partial charge on any atom is 0.339 e. The Hall–Kier alpha value is -2.43. The van der Waals surface area contributed by atoms with E-state index < -0.39 is 10.9 Å². The first-order valence-electron chi connectivity index (χ1n) is 5.48. The van der Waals surface area contributed by atoms with E-state index in [2.05, 4.69) is 0 Å². The van der Waals surface area contributed by atoms with Crippen molar-refractivity contribution in [2.45, 2.75) is 6.92 Å². The molecular formula is C13H11NO4. The Balaban J connectivity index is 2.73. The summed E-state index contributed by atoms with van der Waals surface area (Å²) in [5.74, 6) is -0.544. The van der Waals surface area contributed by atoms with Crippen molar-refractivity contribution >= 4 is 22.4 Å². The van der Waals surface area contributed by atoms with Gasteiger partial charge in [-0.3, -0.25) is 10.1 Å². The number of non-ortho nitro benzene ring substituents is 1. The van der Waals surface area contributed by atoms with E-state index in [0.29, 0.717) is 10.8 Å². The third-order valence-electron chi connectivity index (χ3n) is 2.57. The highest BCUT2D eigenvalue weighted by atomic mass is 16.6. The van der Waals surface area contributed by atoms with Crippen molar-refractivity contribution in [2.24, 2.45) is 0 Å². The van der Waals surface area contributed by atoms with Gasteiger partial charge in [0.05, 0.1) is 22.5 Å². The van der Waals surface area contributed by atoms with Crippen LogP contribution in [-0.4, -0.2) is 17.5 Å². The van der Waals surface area contributed by atoms with Gasteiger partial charge in [0.1, 0.15) is 0 Å². The van der Waals surface area contributed by atoms with Crippen LogP contribution in [0.25, 0.3) is 10.8 Å². The van der Waals surface area contributed by atoms with Crippen LogP contribution in [-0.2, 0) is 4.74 Å². The van der Waals surface area contributed by atoms with Crippen molar-refractivity contribution < 1.29 is 14.5 Å². The molecule has 0 atom stereocenters. The number of nitro groups is 1. The Morgan fingerprint density at radius 1 is 1.28 bits per heavy atom. The Morgan fingerprint density at radius 3 is 2.56 bits per heavy atom. The second-order valence-electron chi connectivity index (χ2n) is 3.66. The predicted octanol–water partition coefficient (Wildman–Crippen LogP) is 2.92. The molecule has 18 heavy (non-hydrogen) atoms. The number of nitro benzene ring substituents is 1. The van der Waals surface area contributed by atoms with Crippen LogP contribution in [0, 0.1) is 10.1 Å². The molecule has 0 radical (unpaired) electrons. The third kappa shape index (κ3) is 2.02. The first-order chi connectivity index (χ1) is 8.65. The minimum Gasteiger partial charge on any atom is -0.462 e. The first-order valence-corrected chi connectivity index (χ1v) is 5.48. The van der Waals surface area contributed by atoms with E-state index in [1.165, 1.54) is 12.1 Å². The molecule has 0 aliphatic rings. The van der Waals surface area contributed by atoms with Gasteiger partial charge in [0, 0.05) is 6.07 Å². The van der Waals surface area contributed by atoms with Crippen LogP contribution in [0.5, 0.6) is 0 Å². The monoisotopic (exact) mass is 245 g/mol. The standard InChI is InChI=1S/C13H11NO4/c1-2-18-13(15)10-7-3-5-9-6-4-8-11(12(9)10)14(16)17/h3-8H,2H2,1H3. The minimum atomic E-state index is -0.544. The van der Waals surface area contributed by atoms with Crippen LogP contribution in [0.4, 0.5) is 5.69 Å². The molecule has 0 bridgehead atoms. The molecule has 2 rings (SSSR count). The lowest BCUT2D eigenvalue weighted by atomic mass is 10.0. The number of esters is 1. The molecule has 5 nitrogen and oxygen atoms in total. The van der Waals surface area contributed by atoms with Gasteiger partial charge in [-0.15, -0.1) is 0 Å². The lowest BCUT2D eigenvalue weighted by molar-refractivity contribution is -0.383. The number of rotatable bonds is 3. The molecule has 0 fully saturated rings. The van der Waals surface area contributed by atoms with Crippen molar-refractivity contribution in [3.63, 3.8) is 0 Å². The smallest absolute Gasteiger partial charge is 0.339 e. The summed E-state index contributed by atoms with van der Waals surface area (Å²) in [7, 11) is 0. The van der Waals surface area contributed by atoms with E-state index in [-0.39, 0.29) is 17.9 Å². The van der Waals surface area contributed by atoms with Crippen LogP contribution >= 0.6 is 0 Å². The molecular weight excluding hydrogens is 234 g/mol. The van der Waals surface area contributed by atoms with Gasteiger partial charge in [-0.1, -0.05) is 24.3 Å². The Kier molecular flexibility index (Phi) is 3.23. The van der Waals surface area contributed by atoms with Gasteiger partial charge in [0.15, 0.2) is 0 Å². The number of ether oxygens (including phenoxy) is 1. The summed E-state index contributed by atoms with van der Waals surface area (Å²) in [5, 5.41) is 12.0. The minimum absolute atomic E-state index is 0.0869. The molecule has 5 heteroatoms. The van der Waals surface area contributed by atoms with Crippen LogP contribution in [0.2, 0.25) is 0 Å². The second-order valence-corrected chi connectivity index (χ2v) is 3.66. The fourth-order valence-electron chi connectivity index (χ4n) is 1.85. The topological polar surface area (TPSA) is 69.4 Å². The molecule has 0 aromatic heterocycles. The summed E-state index contributed by atoms with van der Waals surface area (Å²) < 4.78 is 4.91. The number of carbonyl (C=O) groups is 1. The van der Waals surface area contributed by atoms with Crippen molar-refractivity contribution in [1.29, 1.82) is 0 Å². The molecule has 2 aromatic carbocycles. The van der Waals surface area contributed by atoms with E-state index in [4.69, 9.17) is 4.74 Å². The normalized spacial score (nSPS) is 10.3. The second kappa shape index (κ2) is 4.83. The van der Waals surface area contributed by atoms with Crippen molar-refractivity contribution in [3.05, 3.63) is 52.1 Å². The van der Waals surface area contributed by atoms with Crippen molar-refractivity contribution in [2.75, 3.05) is 6.61 Å². The van der Waals surface area contributed by atoms with Crippen LogP contribution < -0.4 is 0 Å². The summed E-state index contributed by atoms with van der Waals surface area (Å²) in [6, 6.07) is 9.64. The molecule has 0 N–H and O–H groups in total. The third-order valence-corrected chi connectivity index (χ3v) is 2.57. The number of hydrogen-bond donors (Lipinski definition) is 0. The molecule has 92 valence electrons. The Bertz CT molecular complexity index is 616. The van der Waals surface area contributed by atoms with Crippen LogP contribution in [0.15, 0.2) is 36.4 Å². The number of hydrogen-bond acceptors (Lipinski definition) is 4. The molecule has 0 saturated heterocycles. The lowest BCUT2D eigenvalue weighted by Crippen LogP contribution is -2.06. The number of benzene rings is 2. The van der Waals surface area contributed by atoms with E-state index >= 15 is 0 Å². The molecule has 0 spiro atoms. The maximum atomic E-state index is 11.8.